The molecule has 136 valence electrons. The number of fused-ring (bicyclic) bond motifs is 1. The Balaban J connectivity index is 1.60. The third kappa shape index (κ3) is 4.53. The van der Waals surface area contributed by atoms with Crippen molar-refractivity contribution in [2.75, 3.05) is 13.1 Å². The van der Waals surface area contributed by atoms with E-state index in [1.165, 1.54) is 6.07 Å². The van der Waals surface area contributed by atoms with E-state index in [2.05, 4.69) is 20.6 Å². The van der Waals surface area contributed by atoms with E-state index in [0.717, 1.165) is 41.0 Å². The zero-order valence-corrected chi connectivity index (χ0v) is 14.7. The lowest BCUT2D eigenvalue weighted by molar-refractivity contribution is 0.475. The largest absolute Gasteiger partial charge is 0.508 e. The predicted octanol–water partition coefficient (Wildman–Crippen LogP) is 3.31. The van der Waals surface area contributed by atoms with Crippen molar-refractivity contribution in [2.24, 2.45) is 4.99 Å². The highest BCUT2D eigenvalue weighted by Crippen LogP contribution is 2.19. The van der Waals surface area contributed by atoms with Crippen LogP contribution >= 0.6 is 0 Å². The molecule has 0 spiro atoms. The van der Waals surface area contributed by atoms with Crippen molar-refractivity contribution < 1.29 is 9.50 Å². The van der Waals surface area contributed by atoms with E-state index in [4.69, 9.17) is 0 Å². The quantitative estimate of drug-likeness (QED) is 0.405. The number of nitrogens with zero attached hydrogens (tertiary/aromatic N) is 1. The zero-order chi connectivity index (χ0) is 18.4. The molecule has 4 N–H and O–H groups in total. The van der Waals surface area contributed by atoms with Crippen LogP contribution in [0, 0.1) is 5.82 Å². The van der Waals surface area contributed by atoms with Crippen LogP contribution in [0.3, 0.4) is 0 Å². The van der Waals surface area contributed by atoms with Crippen LogP contribution in [-0.2, 0) is 13.0 Å². The van der Waals surface area contributed by atoms with Gasteiger partial charge in [-0.15, -0.1) is 0 Å². The monoisotopic (exact) mass is 354 g/mol. The first kappa shape index (κ1) is 17.8. The first-order chi connectivity index (χ1) is 12.7. The molecule has 1 aromatic heterocycles. The van der Waals surface area contributed by atoms with Gasteiger partial charge in [-0.25, -0.2) is 9.38 Å². The number of aliphatic imine (C=N–C) groups is 1. The number of phenols is 1. The number of hydrogen-bond donors (Lipinski definition) is 4. The van der Waals surface area contributed by atoms with Crippen LogP contribution in [0.5, 0.6) is 5.75 Å². The summed E-state index contributed by atoms with van der Waals surface area (Å²) in [5, 5.41) is 16.8. The first-order valence-electron chi connectivity index (χ1n) is 8.71. The summed E-state index contributed by atoms with van der Waals surface area (Å²) >= 11 is 0. The van der Waals surface area contributed by atoms with Crippen molar-refractivity contribution in [1.29, 1.82) is 0 Å². The second-order valence-electron chi connectivity index (χ2n) is 6.04. The molecular formula is C20H23FN4O. The number of phenolic OH excluding ortho intramolecular Hbond substituents is 1. The average molecular weight is 354 g/mol. The summed E-state index contributed by atoms with van der Waals surface area (Å²) in [7, 11) is 0. The van der Waals surface area contributed by atoms with Crippen molar-refractivity contribution in [3.05, 3.63) is 65.6 Å². The van der Waals surface area contributed by atoms with Gasteiger partial charge < -0.3 is 20.7 Å². The summed E-state index contributed by atoms with van der Waals surface area (Å²) in [6, 6.07) is 11.8. The van der Waals surface area contributed by atoms with E-state index in [9.17, 15) is 9.50 Å². The van der Waals surface area contributed by atoms with Gasteiger partial charge in [0.2, 0.25) is 0 Å². The lowest BCUT2D eigenvalue weighted by Crippen LogP contribution is -2.38. The molecule has 1 heterocycles. The van der Waals surface area contributed by atoms with E-state index in [0.29, 0.717) is 13.1 Å². The number of aromatic nitrogens is 1. The average Bonchev–Trinajstić information content (AvgIpc) is 3.03. The standard InChI is InChI=1S/C20H23FN4O/c1-2-22-20(25-12-14-3-6-17(26)7-4-14)23-10-9-15-13-24-19-8-5-16(21)11-18(15)19/h3-8,11,13,24,26H,2,9-10,12H2,1H3,(H2,22,23,25). The number of rotatable bonds is 6. The molecule has 0 aliphatic carbocycles. The minimum absolute atomic E-state index is 0.227. The van der Waals surface area contributed by atoms with E-state index >= 15 is 0 Å². The van der Waals surface area contributed by atoms with Gasteiger partial charge in [-0.3, -0.25) is 0 Å². The van der Waals surface area contributed by atoms with Crippen molar-refractivity contribution in [3.63, 3.8) is 0 Å². The van der Waals surface area contributed by atoms with Crippen LogP contribution in [0.4, 0.5) is 4.39 Å². The van der Waals surface area contributed by atoms with Gasteiger partial charge in [0.25, 0.3) is 0 Å². The van der Waals surface area contributed by atoms with E-state index in [1.54, 1.807) is 24.3 Å². The maximum Gasteiger partial charge on any atom is 0.191 e. The van der Waals surface area contributed by atoms with Gasteiger partial charge in [0.05, 0.1) is 6.54 Å². The second kappa shape index (κ2) is 8.38. The van der Waals surface area contributed by atoms with Crippen molar-refractivity contribution in [3.8, 4) is 5.75 Å². The fraction of sp³-hybridized carbons (Fsp3) is 0.250. The Morgan fingerprint density at radius 2 is 1.96 bits per heavy atom. The van der Waals surface area contributed by atoms with Crippen LogP contribution in [0.15, 0.2) is 53.7 Å². The molecule has 5 nitrogen and oxygen atoms in total. The molecule has 0 atom stereocenters. The van der Waals surface area contributed by atoms with Crippen LogP contribution in [0.2, 0.25) is 0 Å². The highest BCUT2D eigenvalue weighted by molar-refractivity contribution is 5.83. The van der Waals surface area contributed by atoms with Gasteiger partial charge in [-0.1, -0.05) is 12.1 Å². The Morgan fingerprint density at radius 3 is 2.73 bits per heavy atom. The molecule has 3 aromatic rings. The SMILES string of the molecule is CCNC(=NCc1ccc(O)cc1)NCCc1c[nH]c2ccc(F)cc12. The summed E-state index contributed by atoms with van der Waals surface area (Å²) < 4.78 is 13.5. The highest BCUT2D eigenvalue weighted by Gasteiger charge is 2.05. The molecule has 0 aliphatic rings. The minimum Gasteiger partial charge on any atom is -0.508 e. The van der Waals surface area contributed by atoms with Gasteiger partial charge >= 0.3 is 0 Å². The maximum atomic E-state index is 13.5. The van der Waals surface area contributed by atoms with Crippen LogP contribution in [0.25, 0.3) is 10.9 Å². The molecule has 0 radical (unpaired) electrons. The molecular weight excluding hydrogens is 331 g/mol. The van der Waals surface area contributed by atoms with Crippen LogP contribution < -0.4 is 10.6 Å². The van der Waals surface area contributed by atoms with Crippen LogP contribution in [0.1, 0.15) is 18.1 Å². The summed E-state index contributed by atoms with van der Waals surface area (Å²) in [6.45, 7) is 3.98. The Morgan fingerprint density at radius 1 is 1.15 bits per heavy atom. The van der Waals surface area contributed by atoms with Gasteiger partial charge in [-0.2, -0.15) is 0 Å². The Hall–Kier alpha value is -3.02. The fourth-order valence-corrected chi connectivity index (χ4v) is 2.79. The van der Waals surface area contributed by atoms with Crippen LogP contribution in [-0.4, -0.2) is 29.1 Å². The predicted molar refractivity (Wildman–Crippen MR) is 103 cm³/mol. The lowest BCUT2D eigenvalue weighted by atomic mass is 10.1. The summed E-state index contributed by atoms with van der Waals surface area (Å²) in [5.41, 5.74) is 3.03. The number of hydrogen-bond acceptors (Lipinski definition) is 2. The molecule has 0 saturated carbocycles. The molecule has 0 aliphatic heterocycles. The molecule has 3 rings (SSSR count). The number of nitrogens with one attached hydrogen (secondary N) is 3. The Bertz CT molecular complexity index is 886. The van der Waals surface area contributed by atoms with Gasteiger partial charge in [-0.05, 0) is 54.8 Å². The molecule has 0 amide bonds. The van der Waals surface area contributed by atoms with E-state index in [-0.39, 0.29) is 11.6 Å². The lowest BCUT2D eigenvalue weighted by Gasteiger charge is -2.11. The number of aromatic amines is 1. The topological polar surface area (TPSA) is 72.4 Å². The van der Waals surface area contributed by atoms with E-state index in [1.807, 2.05) is 25.3 Å². The maximum absolute atomic E-state index is 13.5. The van der Waals surface area contributed by atoms with Gasteiger partial charge in [0, 0.05) is 30.2 Å². The molecule has 26 heavy (non-hydrogen) atoms. The Labute approximate surface area is 152 Å². The van der Waals surface area contributed by atoms with Gasteiger partial charge in [0.1, 0.15) is 11.6 Å². The Kier molecular flexibility index (Phi) is 5.73. The van der Waals surface area contributed by atoms with Crippen molar-refractivity contribution in [2.45, 2.75) is 19.9 Å². The third-order valence-electron chi connectivity index (χ3n) is 4.12. The first-order valence-corrected chi connectivity index (χ1v) is 8.71. The number of aromatic hydroxyl groups is 1. The summed E-state index contributed by atoms with van der Waals surface area (Å²) in [4.78, 5) is 7.72. The zero-order valence-electron chi connectivity index (χ0n) is 14.7. The number of H-pyrrole nitrogens is 1. The molecule has 0 saturated heterocycles. The number of halogens is 1. The molecule has 2 aromatic carbocycles. The minimum atomic E-state index is -0.227. The summed E-state index contributed by atoms with van der Waals surface area (Å²) in [6.07, 6.45) is 2.68. The molecule has 0 bridgehead atoms. The van der Waals surface area contributed by atoms with Crippen molar-refractivity contribution >= 4 is 16.9 Å². The smallest absolute Gasteiger partial charge is 0.191 e. The molecule has 6 heteroatoms. The normalized spacial score (nSPS) is 11.7. The number of guanidine groups is 1. The highest BCUT2D eigenvalue weighted by atomic mass is 19.1. The number of benzene rings is 2. The third-order valence-corrected chi connectivity index (χ3v) is 4.12. The fourth-order valence-electron chi connectivity index (χ4n) is 2.79. The molecule has 0 fully saturated rings. The van der Waals surface area contributed by atoms with E-state index < -0.39 is 0 Å². The molecule has 0 unspecified atom stereocenters. The summed E-state index contributed by atoms with van der Waals surface area (Å²) in [5.74, 6) is 0.750. The second-order valence-corrected chi connectivity index (χ2v) is 6.04. The van der Waals surface area contributed by atoms with Gasteiger partial charge in [0.15, 0.2) is 5.96 Å². The van der Waals surface area contributed by atoms with Crippen molar-refractivity contribution in [1.82, 2.24) is 15.6 Å².